The number of carbonyl (C=O) groups is 2. The molecule has 0 bridgehead atoms. The second-order valence-electron chi connectivity index (χ2n) is 35.3. The van der Waals surface area contributed by atoms with E-state index in [0.717, 1.165) is 146 Å². The number of aromatic amines is 1. The number of likely N-dealkylation sites (tertiary alicyclic amines) is 3. The van der Waals surface area contributed by atoms with E-state index in [1.54, 1.807) is 90.1 Å². The number of likely N-dealkylation sites (N-methyl/N-ethyl adjacent to an activating group) is 1. The Morgan fingerprint density at radius 3 is 1.24 bits per heavy atom. The summed E-state index contributed by atoms with van der Waals surface area (Å²) in [6.07, 6.45) is -0.719. The van der Waals surface area contributed by atoms with Gasteiger partial charge in [-0.1, -0.05) is 106 Å². The summed E-state index contributed by atoms with van der Waals surface area (Å²) in [6.45, 7) is 30.3. The highest BCUT2D eigenvalue weighted by Gasteiger charge is 2.38. The predicted molar refractivity (Wildman–Crippen MR) is 518 cm³/mol. The molecule has 0 unspecified atom stereocenters. The van der Waals surface area contributed by atoms with E-state index in [1.165, 1.54) is 12.1 Å². The molecule has 0 radical (unpaired) electrons. The average molecular weight is 1920 g/mol. The van der Waals surface area contributed by atoms with E-state index in [-0.39, 0.29) is 57.9 Å². The highest BCUT2D eigenvalue weighted by molar-refractivity contribution is 5.95. The maximum absolute atomic E-state index is 13.8. The molecule has 14 aromatic rings. The van der Waals surface area contributed by atoms with Crippen molar-refractivity contribution in [2.75, 3.05) is 120 Å². The summed E-state index contributed by atoms with van der Waals surface area (Å²) in [5, 5.41) is 23.6. The number of aryl methyl sites for hydroxylation is 2. The lowest BCUT2D eigenvalue weighted by Crippen LogP contribution is -2.47. The van der Waals surface area contributed by atoms with Crippen molar-refractivity contribution in [3.8, 4) is 131 Å². The molecule has 4 fully saturated rings. The Hall–Kier alpha value is -14.2. The monoisotopic (exact) mass is 1920 g/mol. The lowest BCUT2D eigenvalue weighted by atomic mass is 9.96. The first kappa shape index (κ1) is 102. The molecule has 4 saturated heterocycles. The first-order chi connectivity index (χ1) is 67.4. The molecule has 4 aliphatic heterocycles. The first-order valence-corrected chi connectivity index (χ1v) is 47.1. The second-order valence-corrected chi connectivity index (χ2v) is 35.3. The normalized spacial score (nSPS) is 14.8. The summed E-state index contributed by atoms with van der Waals surface area (Å²) in [4.78, 5) is 62.0. The molecule has 0 spiro atoms. The van der Waals surface area contributed by atoms with Crippen LogP contribution < -0.4 is 23.7 Å². The van der Waals surface area contributed by atoms with Crippen LogP contribution in [0.15, 0.2) is 212 Å². The number of nitrogens with one attached hydrogen (secondary N) is 1. The SMILES string of the molecule is CC(C)(C)OC(=O)N1CCC(c2noc(-c3ccc(-c4ccccc4)c(C(F)(F)F)c3)n2)CC1.CCOc1cc(-c2nc(C3CCN(C)CC3)no2)ccc1C.CCOc1ccc(-c2n[nH]c(-c3ccncc3)n2)cc1OCC.CCOc1ccc(-c2nc(-c3ccc(C(=O)N4CCN(C)CC4)cc3C)no2)cc1OCC.CN1CCC(c2noc(-c3ccc(-c4ccccc4)c(C(F)(F)F)c3)n2)CC1. The molecule has 140 heavy (non-hydrogen) atoms. The molecular weight excluding hydrogens is 1810 g/mol. The van der Waals surface area contributed by atoms with Gasteiger partial charge >= 0.3 is 18.4 Å². The van der Waals surface area contributed by atoms with E-state index in [2.05, 4.69) is 96.6 Å². The number of benzene rings is 8. The predicted octanol–water partition coefficient (Wildman–Crippen LogP) is 22.2. The fourth-order valence-corrected chi connectivity index (χ4v) is 16.4. The van der Waals surface area contributed by atoms with E-state index in [9.17, 15) is 35.9 Å². The fourth-order valence-electron chi connectivity index (χ4n) is 16.4. The van der Waals surface area contributed by atoms with Gasteiger partial charge in [0.15, 0.2) is 52.1 Å². The number of ether oxygens (including phenoxy) is 6. The molecule has 1 N–H and O–H groups in total. The van der Waals surface area contributed by atoms with Crippen LogP contribution in [0.1, 0.15) is 162 Å². The topological polar surface area (TPSA) is 316 Å². The van der Waals surface area contributed by atoms with E-state index in [0.29, 0.717) is 140 Å². The van der Waals surface area contributed by atoms with Crippen molar-refractivity contribution in [2.24, 2.45) is 0 Å². The Morgan fingerprint density at radius 1 is 0.379 bits per heavy atom. The number of carbonyl (C=O) groups excluding carboxylic acids is 2. The summed E-state index contributed by atoms with van der Waals surface area (Å²) in [7, 11) is 6.29. The minimum absolute atomic E-state index is 0.0367. The Morgan fingerprint density at radius 2 is 0.779 bits per heavy atom. The zero-order chi connectivity index (χ0) is 99.2. The Bertz CT molecular complexity index is 6370. The van der Waals surface area contributed by atoms with Crippen LogP contribution in [-0.4, -0.2) is 222 Å². The molecule has 0 atom stereocenters. The molecular formula is C105H117F6N17O12. The van der Waals surface area contributed by atoms with Crippen LogP contribution in [0, 0.1) is 13.8 Å². The van der Waals surface area contributed by atoms with E-state index in [4.69, 9.17) is 46.5 Å². The summed E-state index contributed by atoms with van der Waals surface area (Å²) < 4.78 is 138. The van der Waals surface area contributed by atoms with E-state index in [1.807, 2.05) is 159 Å². The van der Waals surface area contributed by atoms with Crippen molar-refractivity contribution in [3.05, 3.63) is 240 Å². The minimum Gasteiger partial charge on any atom is -0.494 e. The zero-order valence-electron chi connectivity index (χ0n) is 80.9. The van der Waals surface area contributed by atoms with Crippen LogP contribution in [0.5, 0.6) is 28.7 Å². The Kier molecular flexibility index (Phi) is 34.1. The summed E-state index contributed by atoms with van der Waals surface area (Å²) in [5.41, 5.74) is 6.66. The van der Waals surface area contributed by atoms with Crippen LogP contribution in [-0.2, 0) is 17.1 Å². The average Bonchev–Trinajstić information content (AvgIpc) is 1.56. The van der Waals surface area contributed by atoms with Crippen LogP contribution in [0.2, 0.25) is 0 Å². The van der Waals surface area contributed by atoms with Crippen LogP contribution in [0.3, 0.4) is 0 Å². The van der Waals surface area contributed by atoms with Crippen LogP contribution in [0.4, 0.5) is 31.1 Å². The van der Waals surface area contributed by atoms with Gasteiger partial charge in [-0.25, -0.2) is 9.78 Å². The Labute approximate surface area is 809 Å². The van der Waals surface area contributed by atoms with Crippen molar-refractivity contribution in [1.29, 1.82) is 0 Å². The molecule has 10 heterocycles. The molecule has 736 valence electrons. The van der Waals surface area contributed by atoms with Gasteiger partial charge in [-0.15, -0.1) is 0 Å². The number of alkyl halides is 6. The number of halogens is 6. The summed E-state index contributed by atoms with van der Waals surface area (Å²) >= 11 is 0. The van der Waals surface area contributed by atoms with Crippen molar-refractivity contribution in [3.63, 3.8) is 0 Å². The lowest BCUT2D eigenvalue weighted by molar-refractivity contribution is -0.137. The van der Waals surface area contributed by atoms with Crippen molar-refractivity contribution in [2.45, 2.75) is 143 Å². The molecule has 6 aromatic heterocycles. The molecule has 2 amide bonds. The molecule has 29 nitrogen and oxygen atoms in total. The lowest BCUT2D eigenvalue weighted by Gasteiger charge is -2.32. The molecule has 0 saturated carbocycles. The highest BCUT2D eigenvalue weighted by Crippen LogP contribution is 2.44. The zero-order valence-corrected chi connectivity index (χ0v) is 80.9. The first-order valence-electron chi connectivity index (χ1n) is 47.1. The van der Waals surface area contributed by atoms with E-state index < -0.39 is 29.1 Å². The number of H-pyrrole nitrogens is 1. The number of rotatable bonds is 23. The Balaban J connectivity index is 0.000000141. The maximum atomic E-state index is 13.8. The van der Waals surface area contributed by atoms with E-state index >= 15 is 0 Å². The van der Waals surface area contributed by atoms with Crippen molar-refractivity contribution in [1.82, 2.24) is 85.2 Å². The number of aromatic nitrogens is 12. The van der Waals surface area contributed by atoms with Gasteiger partial charge in [-0.05, 0) is 286 Å². The van der Waals surface area contributed by atoms with Gasteiger partial charge < -0.3 is 71.0 Å². The molecule has 0 aliphatic carbocycles. The van der Waals surface area contributed by atoms with Gasteiger partial charge in [0.05, 0.1) is 44.2 Å². The molecule has 4 aliphatic rings. The largest absolute Gasteiger partial charge is 0.494 e. The van der Waals surface area contributed by atoms with Gasteiger partial charge in [-0.2, -0.15) is 51.4 Å². The van der Waals surface area contributed by atoms with Crippen LogP contribution in [0.25, 0.3) is 102 Å². The number of piperazine rings is 1. The number of hydrogen-bond acceptors (Lipinski definition) is 26. The molecule has 8 aromatic carbocycles. The minimum atomic E-state index is -4.54. The maximum Gasteiger partial charge on any atom is 0.417 e. The third-order valence-electron chi connectivity index (χ3n) is 24.0. The standard InChI is InChI=1S/C25H26F3N3O3.C25H30N4O4.C21H20F3N3O.C17H18N4O2.C17H23N3O2/c1-24(2,3)33-23(32)31-13-11-17(12-14-31)21-29-22(34-30-21)18-9-10-19(16-7-5-4-6-8-16)20(15-18)25(26,27)28;1-5-31-21-10-8-18(16-22(21)32-6-2)24-26-23(27-33-24)20-9-7-19(15-17(20)3)25(30)29-13-11-28(4)12-14-29;1-27-11-9-15(10-12-27)19-25-20(28-26-19)16-7-8-17(14-5-3-2-4-6-14)18(13-16)21(22,23)24;1-3-22-14-6-5-13(11-15(14)23-4-2)17-19-16(20-21-17)12-7-9-18-10-8-12;1-4-21-15-11-14(6-5-12(15)2)17-18-16(19-22-17)13-7-9-20(3)10-8-13/h4-10,15,17H,11-14H2,1-3H3;7-10,15-16H,5-6,11-14H2,1-4H3;2-8,13,15H,9-12H2,1H3;5-11H,3-4H2,1-2H3,(H,19,20,21);5-6,11,13H,4,7-10H2,1-3H3. The molecule has 35 heteroatoms. The summed E-state index contributed by atoms with van der Waals surface area (Å²) in [6, 6.07) is 51.8. The van der Waals surface area contributed by atoms with Crippen molar-refractivity contribution >= 4 is 12.0 Å². The fraction of sp³-hybridized carbons (Fsp3) is 0.381. The number of hydrogen-bond donors (Lipinski definition) is 1. The third kappa shape index (κ3) is 26.6. The van der Waals surface area contributed by atoms with Gasteiger partial charge in [0.25, 0.3) is 29.5 Å². The van der Waals surface area contributed by atoms with Gasteiger partial charge in [0.2, 0.25) is 5.82 Å². The molecule has 18 rings (SSSR count). The number of piperidine rings is 3. The number of amides is 2. The van der Waals surface area contributed by atoms with Gasteiger partial charge in [0.1, 0.15) is 11.4 Å². The number of pyridine rings is 1. The van der Waals surface area contributed by atoms with Gasteiger partial charge in [0, 0.05) is 114 Å². The second kappa shape index (κ2) is 47.0. The highest BCUT2D eigenvalue weighted by atomic mass is 19.4. The smallest absolute Gasteiger partial charge is 0.417 e. The number of nitrogens with zero attached hydrogens (tertiary/aromatic N) is 16. The quantitative estimate of drug-likeness (QED) is 0.0581. The third-order valence-corrected chi connectivity index (χ3v) is 24.0. The van der Waals surface area contributed by atoms with Gasteiger partial charge in [-0.3, -0.25) is 14.9 Å². The summed E-state index contributed by atoms with van der Waals surface area (Å²) in [5.74, 6) is 8.97. The van der Waals surface area contributed by atoms with Crippen LogP contribution >= 0.6 is 0 Å². The van der Waals surface area contributed by atoms with Crippen molar-refractivity contribution < 1.29 is 82.4 Å².